The molecule has 1 aromatic rings. The van der Waals surface area contributed by atoms with E-state index in [2.05, 4.69) is 67.0 Å². The number of imidazole rings is 1. The first kappa shape index (κ1) is 14.3. The van der Waals surface area contributed by atoms with Crippen LogP contribution in [0.15, 0.2) is 18.7 Å². The van der Waals surface area contributed by atoms with Gasteiger partial charge in [-0.3, -0.25) is 0 Å². The summed E-state index contributed by atoms with van der Waals surface area (Å²) in [6, 6.07) is 0. The average molecular weight is 284 g/mol. The second kappa shape index (κ2) is 5.49. The summed E-state index contributed by atoms with van der Waals surface area (Å²) >= 11 is 4.33. The molecule has 0 spiro atoms. The maximum atomic E-state index is 4.18. The van der Waals surface area contributed by atoms with Gasteiger partial charge in [0.05, 0.1) is 10.4 Å². The molecule has 1 fully saturated rings. The molecule has 0 atom stereocenters. The van der Waals surface area contributed by atoms with Crippen LogP contribution in [0.5, 0.6) is 0 Å². The van der Waals surface area contributed by atoms with Crippen LogP contribution in [0, 0.1) is 11.3 Å². The second-order valence-electron chi connectivity index (χ2n) is 6.13. The first-order valence-corrected chi connectivity index (χ1v) is 8.67. The van der Waals surface area contributed by atoms with Crippen molar-refractivity contribution >= 4 is 23.5 Å². The SMILES string of the molecule is CCC1CSC(Cn2ccnc2)(C(C)(C)C)SC1. The quantitative estimate of drug-likeness (QED) is 0.831. The molecule has 0 aliphatic carbocycles. The van der Waals surface area contributed by atoms with Gasteiger partial charge >= 0.3 is 0 Å². The van der Waals surface area contributed by atoms with Crippen molar-refractivity contribution in [2.75, 3.05) is 11.5 Å². The van der Waals surface area contributed by atoms with Gasteiger partial charge in [-0.2, -0.15) is 0 Å². The lowest BCUT2D eigenvalue weighted by molar-refractivity contribution is 0.333. The van der Waals surface area contributed by atoms with Crippen LogP contribution in [0.4, 0.5) is 0 Å². The Hall–Kier alpha value is -0.0900. The number of hydrogen-bond donors (Lipinski definition) is 0. The summed E-state index contributed by atoms with van der Waals surface area (Å²) in [5.41, 5.74) is 0.297. The van der Waals surface area contributed by atoms with Crippen LogP contribution < -0.4 is 0 Å². The van der Waals surface area contributed by atoms with Crippen LogP contribution in [0.2, 0.25) is 0 Å². The highest BCUT2D eigenvalue weighted by molar-refractivity contribution is 8.18. The molecule has 0 unspecified atom stereocenters. The fourth-order valence-corrected chi connectivity index (χ4v) is 6.17. The third-order valence-corrected chi connectivity index (χ3v) is 8.17. The van der Waals surface area contributed by atoms with Gasteiger partial charge < -0.3 is 4.57 Å². The van der Waals surface area contributed by atoms with Gasteiger partial charge in [-0.05, 0) is 22.8 Å². The minimum Gasteiger partial charge on any atom is -0.335 e. The van der Waals surface area contributed by atoms with E-state index < -0.39 is 0 Å². The van der Waals surface area contributed by atoms with E-state index in [-0.39, 0.29) is 4.08 Å². The van der Waals surface area contributed by atoms with Gasteiger partial charge in [0.1, 0.15) is 0 Å². The molecule has 102 valence electrons. The standard InChI is InChI=1S/C14H24N2S2/c1-5-12-8-17-14(18-9-12,13(2,3)4)10-16-7-6-15-11-16/h6-7,11-12H,5,8-10H2,1-4H3. The van der Waals surface area contributed by atoms with E-state index in [0.29, 0.717) is 5.41 Å². The first-order valence-electron chi connectivity index (χ1n) is 6.70. The largest absolute Gasteiger partial charge is 0.335 e. The summed E-state index contributed by atoms with van der Waals surface area (Å²) in [6.45, 7) is 10.5. The van der Waals surface area contributed by atoms with Gasteiger partial charge in [-0.15, -0.1) is 23.5 Å². The van der Waals surface area contributed by atoms with Gasteiger partial charge in [0.15, 0.2) is 0 Å². The monoisotopic (exact) mass is 284 g/mol. The van der Waals surface area contributed by atoms with Crippen LogP contribution in [0.25, 0.3) is 0 Å². The number of hydrogen-bond acceptors (Lipinski definition) is 3. The second-order valence-corrected chi connectivity index (χ2v) is 9.03. The average Bonchev–Trinajstić information content (AvgIpc) is 2.81. The highest BCUT2D eigenvalue weighted by Gasteiger charge is 2.46. The van der Waals surface area contributed by atoms with Crippen LogP contribution >= 0.6 is 23.5 Å². The number of thioether (sulfide) groups is 2. The summed E-state index contributed by atoms with van der Waals surface area (Å²) in [4.78, 5) is 4.18. The fraction of sp³-hybridized carbons (Fsp3) is 0.786. The molecule has 2 rings (SSSR count). The zero-order valence-corrected chi connectivity index (χ0v) is 13.5. The number of nitrogens with zero attached hydrogens (tertiary/aromatic N) is 2. The van der Waals surface area contributed by atoms with Crippen LogP contribution in [0.1, 0.15) is 34.1 Å². The Kier molecular flexibility index (Phi) is 4.37. The first-order chi connectivity index (χ1) is 8.47. The topological polar surface area (TPSA) is 17.8 Å². The van der Waals surface area contributed by atoms with Gasteiger partial charge in [-0.1, -0.05) is 34.1 Å². The molecule has 0 N–H and O–H groups in total. The van der Waals surface area contributed by atoms with Crippen molar-refractivity contribution in [1.29, 1.82) is 0 Å². The summed E-state index contributed by atoms with van der Waals surface area (Å²) in [7, 11) is 0. The molecule has 1 aromatic heterocycles. The molecule has 0 bridgehead atoms. The van der Waals surface area contributed by atoms with E-state index in [1.807, 2.05) is 12.5 Å². The number of rotatable bonds is 3. The van der Waals surface area contributed by atoms with Crippen molar-refractivity contribution in [3.63, 3.8) is 0 Å². The Morgan fingerprint density at radius 2 is 2.00 bits per heavy atom. The molecular formula is C14H24N2S2. The normalized spacial score (nSPS) is 29.4. The fourth-order valence-electron chi connectivity index (χ4n) is 2.21. The van der Waals surface area contributed by atoms with Crippen LogP contribution in [-0.4, -0.2) is 25.1 Å². The van der Waals surface area contributed by atoms with Crippen LogP contribution in [0.3, 0.4) is 0 Å². The van der Waals surface area contributed by atoms with Crippen molar-refractivity contribution in [1.82, 2.24) is 9.55 Å². The van der Waals surface area contributed by atoms with Crippen molar-refractivity contribution in [2.45, 2.75) is 44.7 Å². The molecule has 0 amide bonds. The zero-order chi connectivity index (χ0) is 13.2. The van der Waals surface area contributed by atoms with Crippen molar-refractivity contribution in [3.8, 4) is 0 Å². The lowest BCUT2D eigenvalue weighted by atomic mass is 9.90. The molecular weight excluding hydrogens is 260 g/mol. The van der Waals surface area contributed by atoms with Crippen molar-refractivity contribution in [2.24, 2.45) is 11.3 Å². The third kappa shape index (κ3) is 2.90. The summed E-state index contributed by atoms with van der Waals surface area (Å²) in [5.74, 6) is 3.49. The van der Waals surface area contributed by atoms with Crippen molar-refractivity contribution in [3.05, 3.63) is 18.7 Å². The van der Waals surface area contributed by atoms with E-state index in [9.17, 15) is 0 Å². The Labute approximate surface area is 119 Å². The maximum Gasteiger partial charge on any atom is 0.0946 e. The maximum absolute atomic E-state index is 4.18. The smallest absolute Gasteiger partial charge is 0.0946 e. The summed E-state index contributed by atoms with van der Waals surface area (Å²) < 4.78 is 2.51. The number of aromatic nitrogens is 2. The van der Waals surface area contributed by atoms with Gasteiger partial charge in [0, 0.05) is 18.9 Å². The van der Waals surface area contributed by atoms with Crippen LogP contribution in [-0.2, 0) is 6.54 Å². The molecule has 1 aliphatic rings. The summed E-state index contributed by atoms with van der Waals surface area (Å²) in [6.07, 6.45) is 7.22. The third-order valence-electron chi connectivity index (χ3n) is 3.77. The predicted molar refractivity (Wildman–Crippen MR) is 83.1 cm³/mol. The van der Waals surface area contributed by atoms with E-state index in [1.165, 1.54) is 17.9 Å². The molecule has 2 heterocycles. The molecule has 4 heteroatoms. The highest BCUT2D eigenvalue weighted by Crippen LogP contribution is 2.55. The van der Waals surface area contributed by atoms with Gasteiger partial charge in [0.25, 0.3) is 0 Å². The van der Waals surface area contributed by atoms with E-state index in [1.54, 1.807) is 0 Å². The molecule has 1 saturated heterocycles. The van der Waals surface area contributed by atoms with Crippen molar-refractivity contribution < 1.29 is 0 Å². The van der Waals surface area contributed by atoms with E-state index >= 15 is 0 Å². The predicted octanol–water partition coefficient (Wildman–Crippen LogP) is 4.13. The minimum absolute atomic E-state index is 0.277. The minimum atomic E-state index is 0.277. The Bertz CT molecular complexity index is 360. The molecule has 0 saturated carbocycles. The zero-order valence-electron chi connectivity index (χ0n) is 11.8. The lowest BCUT2D eigenvalue weighted by Gasteiger charge is -2.48. The Morgan fingerprint density at radius 1 is 1.33 bits per heavy atom. The van der Waals surface area contributed by atoms with E-state index in [0.717, 1.165) is 12.5 Å². The Morgan fingerprint density at radius 3 is 2.44 bits per heavy atom. The molecule has 18 heavy (non-hydrogen) atoms. The molecule has 0 aromatic carbocycles. The van der Waals surface area contributed by atoms with Gasteiger partial charge in [0.2, 0.25) is 0 Å². The lowest BCUT2D eigenvalue weighted by Crippen LogP contribution is -2.44. The molecule has 2 nitrogen and oxygen atoms in total. The molecule has 0 radical (unpaired) electrons. The highest BCUT2D eigenvalue weighted by atomic mass is 32.2. The Balaban J connectivity index is 2.15. The molecule has 1 aliphatic heterocycles. The van der Waals surface area contributed by atoms with E-state index in [4.69, 9.17) is 0 Å². The van der Waals surface area contributed by atoms with Gasteiger partial charge in [-0.25, -0.2) is 4.98 Å². The summed E-state index contributed by atoms with van der Waals surface area (Å²) in [5, 5.41) is 0.